The largest absolute Gasteiger partial charge is 0.477 e. The molecule has 2 rings (SSSR count). The van der Waals surface area contributed by atoms with E-state index in [1.807, 2.05) is 6.26 Å². The summed E-state index contributed by atoms with van der Waals surface area (Å²) in [6, 6.07) is 5.03. The lowest BCUT2D eigenvalue weighted by atomic mass is 10.2. The predicted octanol–water partition coefficient (Wildman–Crippen LogP) is 0.983. The highest BCUT2D eigenvalue weighted by Gasteiger charge is 2.20. The highest BCUT2D eigenvalue weighted by atomic mass is 32.2. The van der Waals surface area contributed by atoms with E-state index in [2.05, 4.69) is 0 Å². The number of nitrogens with two attached hydrogens (primary N) is 1. The number of carboxylic acid groups (broad SMARTS) is 1. The molecule has 0 fully saturated rings. The maximum absolute atomic E-state index is 12.1. The van der Waals surface area contributed by atoms with E-state index in [0.29, 0.717) is 17.7 Å². The molecular formula is C15H16N2O5S. The van der Waals surface area contributed by atoms with Crippen molar-refractivity contribution in [2.75, 3.05) is 12.0 Å². The first-order chi connectivity index (χ1) is 11.0. The average molecular weight is 336 g/mol. The fraction of sp³-hybridized carbons (Fsp3) is 0.267. The van der Waals surface area contributed by atoms with Gasteiger partial charge in [-0.3, -0.25) is 9.20 Å². The molecule has 23 heavy (non-hydrogen) atoms. The van der Waals surface area contributed by atoms with Crippen LogP contribution in [0.25, 0.3) is 5.52 Å². The summed E-state index contributed by atoms with van der Waals surface area (Å²) in [4.78, 5) is 35.3. The maximum Gasteiger partial charge on any atom is 0.341 e. The number of aromatic nitrogens is 1. The normalized spacial score (nSPS) is 12.1. The van der Waals surface area contributed by atoms with Gasteiger partial charge in [-0.1, -0.05) is 6.07 Å². The van der Waals surface area contributed by atoms with Crippen LogP contribution in [-0.2, 0) is 4.79 Å². The van der Waals surface area contributed by atoms with Gasteiger partial charge in [0.05, 0.1) is 5.52 Å². The van der Waals surface area contributed by atoms with Gasteiger partial charge in [0.25, 0.3) is 5.56 Å². The lowest BCUT2D eigenvalue weighted by Gasteiger charge is -2.13. The Balaban J connectivity index is 2.44. The molecule has 8 heteroatoms. The Morgan fingerprint density at radius 2 is 2.17 bits per heavy atom. The Morgan fingerprint density at radius 1 is 1.43 bits per heavy atom. The molecule has 1 atom stereocenters. The summed E-state index contributed by atoms with van der Waals surface area (Å²) in [5.74, 6) is -1.37. The van der Waals surface area contributed by atoms with E-state index < -0.39 is 29.1 Å². The van der Waals surface area contributed by atoms with Crippen LogP contribution in [0.5, 0.6) is 5.75 Å². The molecule has 122 valence electrons. The Hall–Kier alpha value is -2.32. The molecule has 0 radical (unpaired) electrons. The molecule has 0 aliphatic rings. The van der Waals surface area contributed by atoms with E-state index in [4.69, 9.17) is 15.6 Å². The van der Waals surface area contributed by atoms with Crippen molar-refractivity contribution >= 4 is 29.2 Å². The number of carbonyl (C=O) groups excluding carboxylic acids is 1. The number of carbonyl (C=O) groups is 2. The SMILES string of the molecule is CSCCC(N)C(=O)Oc1cc(C(=O)O)c(=O)n2ccccc12. The van der Waals surface area contributed by atoms with E-state index in [1.54, 1.807) is 30.0 Å². The number of rotatable bonds is 6. The number of hydrogen-bond acceptors (Lipinski definition) is 6. The average Bonchev–Trinajstić information content (AvgIpc) is 2.54. The van der Waals surface area contributed by atoms with Crippen LogP contribution in [0, 0.1) is 0 Å². The smallest absolute Gasteiger partial charge is 0.341 e. The molecule has 3 N–H and O–H groups in total. The number of thioether (sulfide) groups is 1. The zero-order chi connectivity index (χ0) is 17.0. The summed E-state index contributed by atoms with van der Waals surface area (Å²) in [5.41, 5.74) is 4.88. The van der Waals surface area contributed by atoms with Crippen LogP contribution in [-0.4, -0.2) is 39.5 Å². The molecule has 2 aromatic rings. The number of fused-ring (bicyclic) bond motifs is 1. The fourth-order valence-corrected chi connectivity index (χ4v) is 2.49. The number of carboxylic acids is 1. The number of aromatic carboxylic acids is 1. The van der Waals surface area contributed by atoms with Gasteiger partial charge in [-0.25, -0.2) is 9.59 Å². The molecule has 0 saturated carbocycles. The van der Waals surface area contributed by atoms with Crippen LogP contribution in [0.15, 0.2) is 35.3 Å². The Labute approximate surface area is 136 Å². The summed E-state index contributed by atoms with van der Waals surface area (Å²) in [5, 5.41) is 9.13. The molecular weight excluding hydrogens is 320 g/mol. The van der Waals surface area contributed by atoms with Gasteiger partial charge in [-0.05, 0) is 30.6 Å². The van der Waals surface area contributed by atoms with Crippen LogP contribution < -0.4 is 16.0 Å². The number of pyridine rings is 2. The predicted molar refractivity (Wildman–Crippen MR) is 87.2 cm³/mol. The van der Waals surface area contributed by atoms with E-state index in [1.165, 1.54) is 6.20 Å². The number of nitrogens with zero attached hydrogens (tertiary/aromatic N) is 1. The number of esters is 1. The van der Waals surface area contributed by atoms with Gasteiger partial charge < -0.3 is 15.6 Å². The van der Waals surface area contributed by atoms with E-state index in [0.717, 1.165) is 10.5 Å². The standard InChI is InChI=1S/C15H16N2O5S/c1-23-7-5-10(16)15(21)22-12-8-9(14(19)20)13(18)17-6-3-2-4-11(12)17/h2-4,6,8,10H,5,7,16H2,1H3,(H,19,20). The number of hydrogen-bond donors (Lipinski definition) is 2. The first-order valence-electron chi connectivity index (χ1n) is 6.79. The first kappa shape index (κ1) is 17.0. The van der Waals surface area contributed by atoms with Gasteiger partial charge in [0.15, 0.2) is 5.75 Å². The van der Waals surface area contributed by atoms with Gasteiger partial charge in [0.2, 0.25) is 0 Å². The molecule has 0 aromatic carbocycles. The summed E-state index contributed by atoms with van der Waals surface area (Å²) < 4.78 is 6.36. The summed E-state index contributed by atoms with van der Waals surface area (Å²) in [6.07, 6.45) is 3.75. The molecule has 0 amide bonds. The minimum Gasteiger partial charge on any atom is -0.477 e. The Kier molecular flexibility index (Phi) is 5.41. The van der Waals surface area contributed by atoms with Crippen molar-refractivity contribution in [2.24, 2.45) is 5.73 Å². The van der Waals surface area contributed by atoms with E-state index in [9.17, 15) is 14.4 Å². The Bertz CT molecular complexity index is 802. The van der Waals surface area contributed by atoms with Gasteiger partial charge in [-0.15, -0.1) is 0 Å². The second-order valence-electron chi connectivity index (χ2n) is 4.80. The van der Waals surface area contributed by atoms with Crippen molar-refractivity contribution in [3.8, 4) is 5.75 Å². The molecule has 2 heterocycles. The summed E-state index contributed by atoms with van der Waals surface area (Å²) in [6.45, 7) is 0. The highest BCUT2D eigenvalue weighted by Crippen LogP contribution is 2.20. The maximum atomic E-state index is 12.1. The lowest BCUT2D eigenvalue weighted by Crippen LogP contribution is -2.35. The molecule has 0 saturated heterocycles. The molecule has 0 aliphatic carbocycles. The fourth-order valence-electron chi connectivity index (χ4n) is 2.00. The molecule has 7 nitrogen and oxygen atoms in total. The van der Waals surface area contributed by atoms with E-state index in [-0.39, 0.29) is 5.75 Å². The van der Waals surface area contributed by atoms with Crippen LogP contribution in [0.3, 0.4) is 0 Å². The van der Waals surface area contributed by atoms with Crippen molar-refractivity contribution in [3.05, 3.63) is 46.4 Å². The van der Waals surface area contributed by atoms with Crippen molar-refractivity contribution < 1.29 is 19.4 Å². The molecule has 0 aliphatic heterocycles. The van der Waals surface area contributed by atoms with Crippen LogP contribution in [0.1, 0.15) is 16.8 Å². The zero-order valence-electron chi connectivity index (χ0n) is 12.4. The van der Waals surface area contributed by atoms with Crippen molar-refractivity contribution in [1.29, 1.82) is 0 Å². The second-order valence-corrected chi connectivity index (χ2v) is 5.78. The molecule has 1 unspecified atom stereocenters. The van der Waals surface area contributed by atoms with Crippen LogP contribution in [0.4, 0.5) is 0 Å². The number of ether oxygens (including phenoxy) is 1. The highest BCUT2D eigenvalue weighted by molar-refractivity contribution is 7.98. The third-order valence-corrected chi connectivity index (χ3v) is 3.86. The third-order valence-electron chi connectivity index (χ3n) is 3.21. The molecule has 0 spiro atoms. The van der Waals surface area contributed by atoms with Gasteiger partial charge >= 0.3 is 11.9 Å². The van der Waals surface area contributed by atoms with Crippen LogP contribution >= 0.6 is 11.8 Å². The van der Waals surface area contributed by atoms with Crippen molar-refractivity contribution in [1.82, 2.24) is 4.40 Å². The molecule has 2 aromatic heterocycles. The minimum absolute atomic E-state index is 0.00722. The van der Waals surface area contributed by atoms with Gasteiger partial charge in [0.1, 0.15) is 11.6 Å². The monoisotopic (exact) mass is 336 g/mol. The molecule has 0 bridgehead atoms. The topological polar surface area (TPSA) is 111 Å². The summed E-state index contributed by atoms with van der Waals surface area (Å²) in [7, 11) is 0. The van der Waals surface area contributed by atoms with Crippen LogP contribution in [0.2, 0.25) is 0 Å². The van der Waals surface area contributed by atoms with Gasteiger partial charge in [-0.2, -0.15) is 11.8 Å². The second kappa shape index (κ2) is 7.30. The third kappa shape index (κ3) is 3.72. The first-order valence-corrected chi connectivity index (χ1v) is 8.19. The Morgan fingerprint density at radius 3 is 2.83 bits per heavy atom. The van der Waals surface area contributed by atoms with Crippen molar-refractivity contribution in [3.63, 3.8) is 0 Å². The lowest BCUT2D eigenvalue weighted by molar-refractivity contribution is -0.135. The summed E-state index contributed by atoms with van der Waals surface area (Å²) >= 11 is 1.55. The van der Waals surface area contributed by atoms with Gasteiger partial charge in [0, 0.05) is 12.3 Å². The minimum atomic E-state index is -1.39. The van der Waals surface area contributed by atoms with Crippen molar-refractivity contribution in [2.45, 2.75) is 12.5 Å². The zero-order valence-corrected chi connectivity index (χ0v) is 13.2. The van der Waals surface area contributed by atoms with E-state index >= 15 is 0 Å². The quantitative estimate of drug-likeness (QED) is 0.756.